The van der Waals surface area contributed by atoms with Gasteiger partial charge in [-0.15, -0.1) is 0 Å². The van der Waals surface area contributed by atoms with Gasteiger partial charge in [-0.25, -0.2) is 15.0 Å². The number of fused-ring (bicyclic) bond motifs is 1. The zero-order valence-electron chi connectivity index (χ0n) is 19.6. The first kappa shape index (κ1) is 24.7. The Labute approximate surface area is 211 Å². The molecule has 0 saturated carbocycles. The number of nitrogens with one attached hydrogen (secondary N) is 1. The molecule has 1 aromatic carbocycles. The van der Waals surface area contributed by atoms with E-state index in [1.54, 1.807) is 18.7 Å². The summed E-state index contributed by atoms with van der Waals surface area (Å²) in [5.74, 6) is 0.381. The van der Waals surface area contributed by atoms with Gasteiger partial charge >= 0.3 is 35.7 Å². The van der Waals surface area contributed by atoms with E-state index in [1.165, 1.54) is 18.2 Å². The number of H-pyrrole nitrogens is 1. The molecule has 11 heteroatoms. The average molecular weight is 473 g/mol. The van der Waals surface area contributed by atoms with Gasteiger partial charge in [-0.05, 0) is 13.0 Å². The van der Waals surface area contributed by atoms with Crippen LogP contribution in [0.15, 0.2) is 24.3 Å². The Morgan fingerprint density at radius 3 is 2.31 bits per heavy atom. The van der Waals surface area contributed by atoms with Gasteiger partial charge < -0.3 is 6.41 Å². The van der Waals surface area contributed by atoms with Crippen LogP contribution >= 0.6 is 11.6 Å². The van der Waals surface area contributed by atoms with E-state index in [0.717, 1.165) is 11.8 Å². The molecular weight excluding hydrogens is 452 g/mol. The summed E-state index contributed by atoms with van der Waals surface area (Å²) in [6.45, 7) is 7.70. The Morgan fingerprint density at radius 1 is 1.06 bits per heavy atom. The van der Waals surface area contributed by atoms with E-state index in [0.29, 0.717) is 27.8 Å². The molecule has 0 amide bonds. The summed E-state index contributed by atoms with van der Waals surface area (Å²) in [5, 5.41) is 4.98. The van der Waals surface area contributed by atoms with E-state index >= 15 is 0 Å². The van der Waals surface area contributed by atoms with Crippen LogP contribution in [0.4, 0.5) is 13.2 Å². The van der Waals surface area contributed by atoms with Crippen molar-refractivity contribution in [2.75, 3.05) is 0 Å². The van der Waals surface area contributed by atoms with E-state index in [9.17, 15) is 13.2 Å². The second kappa shape index (κ2) is 8.44. The molecule has 4 rings (SSSR count). The standard InChI is InChI=1S/C21H20ClF3N6.Na.H/c1-10-14-18(28-17(26-10)11-8-6-7-9-12(11)21(23,24)25)29-19(27-14)15-13(22)16(20(2,3)4)30-31(15)5;;/h6-9H,1-5H3,(H,26,27,28,29);;/q;+1;-1. The summed E-state index contributed by atoms with van der Waals surface area (Å²) < 4.78 is 42.0. The molecule has 3 heterocycles. The van der Waals surface area contributed by atoms with E-state index in [1.807, 2.05) is 20.8 Å². The fourth-order valence-corrected chi connectivity index (χ4v) is 3.96. The number of halogens is 4. The van der Waals surface area contributed by atoms with Gasteiger partial charge in [0.1, 0.15) is 11.2 Å². The second-order valence-electron chi connectivity index (χ2n) is 8.34. The van der Waals surface area contributed by atoms with Gasteiger partial charge in [0, 0.05) is 18.0 Å². The largest absolute Gasteiger partial charge is 1.00 e. The number of aromatic amines is 1. The normalized spacial score (nSPS) is 12.3. The van der Waals surface area contributed by atoms with Crippen LogP contribution in [0.5, 0.6) is 0 Å². The van der Waals surface area contributed by atoms with Crippen LogP contribution in [0.2, 0.25) is 5.02 Å². The molecule has 0 spiro atoms. The van der Waals surface area contributed by atoms with Crippen LogP contribution in [0.25, 0.3) is 34.1 Å². The van der Waals surface area contributed by atoms with E-state index in [-0.39, 0.29) is 53.4 Å². The smallest absolute Gasteiger partial charge is 1.00 e. The molecule has 0 aliphatic rings. The number of nitrogens with zero attached hydrogens (tertiary/aromatic N) is 5. The maximum Gasteiger partial charge on any atom is 1.00 e. The molecule has 0 saturated heterocycles. The molecule has 164 valence electrons. The number of imidazole rings is 1. The van der Waals surface area contributed by atoms with Crippen molar-refractivity contribution in [3.8, 4) is 22.9 Å². The van der Waals surface area contributed by atoms with Crippen LogP contribution in [0.1, 0.15) is 39.1 Å². The first-order chi connectivity index (χ1) is 14.4. The van der Waals surface area contributed by atoms with Gasteiger partial charge in [0.2, 0.25) is 0 Å². The molecule has 4 aromatic rings. The van der Waals surface area contributed by atoms with Crippen LogP contribution < -0.4 is 29.6 Å². The second-order valence-corrected chi connectivity index (χ2v) is 8.72. The molecular formula is C21H21ClF3N6Na. The van der Waals surface area contributed by atoms with Crippen molar-refractivity contribution >= 4 is 22.8 Å². The Balaban J connectivity index is 0.00000193. The van der Waals surface area contributed by atoms with E-state index < -0.39 is 11.7 Å². The van der Waals surface area contributed by atoms with Gasteiger partial charge in [-0.2, -0.15) is 18.3 Å². The van der Waals surface area contributed by atoms with Crippen molar-refractivity contribution in [1.82, 2.24) is 29.7 Å². The molecule has 0 bridgehead atoms. The Morgan fingerprint density at radius 2 is 1.72 bits per heavy atom. The quantitative estimate of drug-likeness (QED) is 0.455. The fraction of sp³-hybridized carbons (Fsp3) is 0.333. The molecule has 0 atom stereocenters. The number of aryl methyl sites for hydroxylation is 2. The van der Waals surface area contributed by atoms with Gasteiger partial charge in [0.15, 0.2) is 17.3 Å². The third-order valence-corrected chi connectivity index (χ3v) is 5.29. The molecule has 0 aliphatic carbocycles. The zero-order chi connectivity index (χ0) is 22.7. The number of hydrogen-bond donors (Lipinski definition) is 1. The van der Waals surface area contributed by atoms with Crippen molar-refractivity contribution < 1.29 is 44.2 Å². The van der Waals surface area contributed by atoms with Gasteiger partial charge in [0.25, 0.3) is 0 Å². The number of hydrogen-bond acceptors (Lipinski definition) is 4. The van der Waals surface area contributed by atoms with Gasteiger partial charge in [-0.1, -0.05) is 50.6 Å². The molecule has 1 N–H and O–H groups in total. The van der Waals surface area contributed by atoms with Gasteiger partial charge in [0.05, 0.1) is 22.0 Å². The minimum atomic E-state index is -4.52. The number of alkyl halides is 3. The third kappa shape index (κ3) is 4.31. The summed E-state index contributed by atoms with van der Waals surface area (Å²) in [5.41, 5.74) is 1.37. The maximum atomic E-state index is 13.5. The summed E-state index contributed by atoms with van der Waals surface area (Å²) in [6.07, 6.45) is -4.52. The molecule has 0 aliphatic heterocycles. The first-order valence-corrected chi connectivity index (χ1v) is 9.90. The van der Waals surface area contributed by atoms with Crippen molar-refractivity contribution in [2.24, 2.45) is 7.05 Å². The van der Waals surface area contributed by atoms with Crippen molar-refractivity contribution in [3.05, 3.63) is 46.2 Å². The summed E-state index contributed by atoms with van der Waals surface area (Å²) in [6, 6.07) is 5.22. The van der Waals surface area contributed by atoms with Crippen LogP contribution in [0, 0.1) is 6.92 Å². The summed E-state index contributed by atoms with van der Waals surface area (Å²) in [7, 11) is 1.76. The monoisotopic (exact) mass is 472 g/mol. The summed E-state index contributed by atoms with van der Waals surface area (Å²) in [4.78, 5) is 16.3. The van der Waals surface area contributed by atoms with Crippen LogP contribution in [-0.4, -0.2) is 29.7 Å². The Hall–Kier alpha value is -1.94. The fourth-order valence-electron chi connectivity index (χ4n) is 3.43. The van der Waals surface area contributed by atoms with Crippen molar-refractivity contribution in [3.63, 3.8) is 0 Å². The number of aromatic nitrogens is 6. The molecule has 0 unspecified atom stereocenters. The predicted octanol–water partition coefficient (Wildman–Crippen LogP) is 2.82. The average Bonchev–Trinajstić information content (AvgIpc) is 3.21. The van der Waals surface area contributed by atoms with Crippen molar-refractivity contribution in [2.45, 2.75) is 39.3 Å². The first-order valence-electron chi connectivity index (χ1n) is 9.52. The molecule has 0 radical (unpaired) electrons. The van der Waals surface area contributed by atoms with Gasteiger partial charge in [-0.3, -0.25) is 4.68 Å². The summed E-state index contributed by atoms with van der Waals surface area (Å²) >= 11 is 6.61. The topological polar surface area (TPSA) is 72.3 Å². The third-order valence-electron chi connectivity index (χ3n) is 4.93. The zero-order valence-corrected chi connectivity index (χ0v) is 21.3. The number of rotatable bonds is 2. The molecule has 32 heavy (non-hydrogen) atoms. The van der Waals surface area contributed by atoms with Crippen LogP contribution in [-0.2, 0) is 18.6 Å². The molecule has 3 aromatic heterocycles. The molecule has 6 nitrogen and oxygen atoms in total. The van der Waals surface area contributed by atoms with Crippen LogP contribution in [0.3, 0.4) is 0 Å². The SMILES string of the molecule is Cc1nc(-c2ccccc2C(F)(F)F)nc2nc(-c3c(Cl)c(C(C)(C)C)nn3C)[nH]c12.[H-].[Na+]. The van der Waals surface area contributed by atoms with Crippen molar-refractivity contribution in [1.29, 1.82) is 0 Å². The Bertz CT molecular complexity index is 1310. The predicted molar refractivity (Wildman–Crippen MR) is 114 cm³/mol. The van der Waals surface area contributed by atoms with E-state index in [2.05, 4.69) is 25.0 Å². The Kier molecular flexibility index (Phi) is 6.52. The molecule has 0 fully saturated rings. The minimum absolute atomic E-state index is 0. The number of benzene rings is 1. The van der Waals surface area contributed by atoms with E-state index in [4.69, 9.17) is 11.6 Å². The minimum Gasteiger partial charge on any atom is -1.00 e. The maximum absolute atomic E-state index is 13.5.